The molecule has 14 heavy (non-hydrogen) atoms. The number of nitrogens with one attached hydrogen (secondary N) is 2. The van der Waals surface area contributed by atoms with Gasteiger partial charge in [-0.05, 0) is 19.3 Å². The van der Waals surface area contributed by atoms with Crippen LogP contribution in [-0.4, -0.2) is 24.3 Å². The van der Waals surface area contributed by atoms with Gasteiger partial charge in [-0.3, -0.25) is 19.7 Å². The van der Waals surface area contributed by atoms with E-state index in [9.17, 15) is 14.4 Å². The van der Waals surface area contributed by atoms with Crippen LogP contribution in [0.2, 0.25) is 0 Å². The summed E-state index contributed by atoms with van der Waals surface area (Å²) in [7, 11) is 0. The summed E-state index contributed by atoms with van der Waals surface area (Å²) in [6.45, 7) is 0. The van der Waals surface area contributed by atoms with Crippen molar-refractivity contribution in [3.05, 3.63) is 0 Å². The fourth-order valence-electron chi connectivity index (χ4n) is 1.50. The van der Waals surface area contributed by atoms with Crippen molar-refractivity contribution < 1.29 is 14.4 Å². The molecule has 3 amide bonds. The Morgan fingerprint density at radius 3 is 2.64 bits per heavy atom. The van der Waals surface area contributed by atoms with Gasteiger partial charge in [0, 0.05) is 18.9 Å². The minimum atomic E-state index is -0.255. The number of hydrogen-bond acceptors (Lipinski definition) is 3. The van der Waals surface area contributed by atoms with E-state index in [4.69, 9.17) is 0 Å². The van der Waals surface area contributed by atoms with Crippen LogP contribution in [0.3, 0.4) is 0 Å². The highest BCUT2D eigenvalue weighted by molar-refractivity contribution is 5.95. The second kappa shape index (κ2) is 5.36. The summed E-state index contributed by atoms with van der Waals surface area (Å²) in [5.41, 5.74) is 0. The predicted octanol–water partition coefficient (Wildman–Crippen LogP) is -0.292. The molecule has 0 saturated carbocycles. The molecule has 1 heterocycles. The van der Waals surface area contributed by atoms with Gasteiger partial charge in [0.2, 0.25) is 18.2 Å². The van der Waals surface area contributed by atoms with Crippen LogP contribution in [-0.2, 0) is 14.4 Å². The number of hydrogen-bond donors (Lipinski definition) is 2. The molecule has 1 fully saturated rings. The SMILES string of the molecule is O=CN[C@H]1CCCC(=O)NC(=O)CC1. The Kier molecular flexibility index (Phi) is 4.10. The van der Waals surface area contributed by atoms with Crippen molar-refractivity contribution in [3.63, 3.8) is 0 Å². The fourth-order valence-corrected chi connectivity index (χ4v) is 1.50. The average molecular weight is 198 g/mol. The molecule has 78 valence electrons. The van der Waals surface area contributed by atoms with Crippen LogP contribution in [0.5, 0.6) is 0 Å². The highest BCUT2D eigenvalue weighted by Gasteiger charge is 2.15. The molecule has 1 aliphatic heterocycles. The first-order chi connectivity index (χ1) is 6.72. The van der Waals surface area contributed by atoms with Crippen LogP contribution in [0.25, 0.3) is 0 Å². The van der Waals surface area contributed by atoms with Crippen molar-refractivity contribution >= 4 is 18.2 Å². The first kappa shape index (κ1) is 10.7. The number of imide groups is 1. The second-order valence-corrected chi connectivity index (χ2v) is 3.38. The van der Waals surface area contributed by atoms with Gasteiger partial charge in [0.15, 0.2) is 0 Å². The Balaban J connectivity index is 2.48. The molecule has 0 radical (unpaired) electrons. The Morgan fingerprint density at radius 2 is 1.93 bits per heavy atom. The van der Waals surface area contributed by atoms with E-state index in [0.717, 1.165) is 6.42 Å². The van der Waals surface area contributed by atoms with Gasteiger partial charge < -0.3 is 5.32 Å². The summed E-state index contributed by atoms with van der Waals surface area (Å²) >= 11 is 0. The summed E-state index contributed by atoms with van der Waals surface area (Å²) < 4.78 is 0. The van der Waals surface area contributed by atoms with Crippen LogP contribution in [0.1, 0.15) is 32.1 Å². The lowest BCUT2D eigenvalue weighted by molar-refractivity contribution is -0.130. The van der Waals surface area contributed by atoms with Gasteiger partial charge in [0.1, 0.15) is 0 Å². The van der Waals surface area contributed by atoms with Crippen molar-refractivity contribution in [2.45, 2.75) is 38.1 Å². The molecule has 1 rings (SSSR count). The van der Waals surface area contributed by atoms with E-state index in [1.54, 1.807) is 0 Å². The van der Waals surface area contributed by atoms with Gasteiger partial charge in [-0.25, -0.2) is 0 Å². The third-order valence-electron chi connectivity index (χ3n) is 2.26. The van der Waals surface area contributed by atoms with E-state index in [1.807, 2.05) is 0 Å². The van der Waals surface area contributed by atoms with Crippen molar-refractivity contribution in [1.29, 1.82) is 0 Å². The van der Waals surface area contributed by atoms with Crippen molar-refractivity contribution in [1.82, 2.24) is 10.6 Å². The lowest BCUT2D eigenvalue weighted by Gasteiger charge is -2.12. The van der Waals surface area contributed by atoms with Crippen LogP contribution in [0.4, 0.5) is 0 Å². The molecule has 1 atom stereocenters. The first-order valence-electron chi connectivity index (χ1n) is 4.74. The lowest BCUT2D eigenvalue weighted by Crippen LogP contribution is -2.31. The number of carbonyl (C=O) groups excluding carboxylic acids is 3. The molecule has 0 unspecified atom stereocenters. The Bertz CT molecular complexity index is 240. The molecule has 0 aromatic heterocycles. The van der Waals surface area contributed by atoms with E-state index in [1.165, 1.54) is 0 Å². The molecule has 2 N–H and O–H groups in total. The minimum Gasteiger partial charge on any atom is -0.356 e. The molecule has 0 bridgehead atoms. The monoisotopic (exact) mass is 198 g/mol. The van der Waals surface area contributed by atoms with Crippen LogP contribution in [0, 0.1) is 0 Å². The van der Waals surface area contributed by atoms with Crippen LogP contribution in [0.15, 0.2) is 0 Å². The van der Waals surface area contributed by atoms with Gasteiger partial charge in [-0.15, -0.1) is 0 Å². The van der Waals surface area contributed by atoms with E-state index >= 15 is 0 Å². The van der Waals surface area contributed by atoms with E-state index in [2.05, 4.69) is 10.6 Å². The molecular formula is C9H14N2O3. The van der Waals surface area contributed by atoms with Gasteiger partial charge in [0.05, 0.1) is 0 Å². The zero-order valence-electron chi connectivity index (χ0n) is 7.91. The van der Waals surface area contributed by atoms with Gasteiger partial charge in [0.25, 0.3) is 0 Å². The molecule has 0 spiro atoms. The molecule has 0 aromatic carbocycles. The van der Waals surface area contributed by atoms with Gasteiger partial charge in [-0.2, -0.15) is 0 Å². The highest BCUT2D eigenvalue weighted by Crippen LogP contribution is 2.09. The summed E-state index contributed by atoms with van der Waals surface area (Å²) in [5, 5.41) is 4.93. The molecular weight excluding hydrogens is 184 g/mol. The van der Waals surface area contributed by atoms with Gasteiger partial charge in [-0.1, -0.05) is 0 Å². The molecule has 5 heteroatoms. The zero-order chi connectivity index (χ0) is 10.4. The fraction of sp³-hybridized carbons (Fsp3) is 0.667. The second-order valence-electron chi connectivity index (χ2n) is 3.38. The minimum absolute atomic E-state index is 0.0177. The topological polar surface area (TPSA) is 75.3 Å². The molecule has 1 saturated heterocycles. The average Bonchev–Trinajstić information content (AvgIpc) is 2.19. The Hall–Kier alpha value is -1.39. The summed E-state index contributed by atoms with van der Waals surface area (Å²) in [4.78, 5) is 32.4. The third kappa shape index (κ3) is 3.55. The maximum Gasteiger partial charge on any atom is 0.226 e. The Labute approximate surface area is 82.2 Å². The summed E-state index contributed by atoms with van der Waals surface area (Å²) in [6, 6.07) is 0.0177. The third-order valence-corrected chi connectivity index (χ3v) is 2.26. The Morgan fingerprint density at radius 1 is 1.21 bits per heavy atom. The molecule has 5 nitrogen and oxygen atoms in total. The molecule has 0 aliphatic carbocycles. The highest BCUT2D eigenvalue weighted by atomic mass is 16.2. The predicted molar refractivity (Wildman–Crippen MR) is 49.2 cm³/mol. The lowest BCUT2D eigenvalue weighted by atomic mass is 10.1. The normalized spacial score (nSPS) is 24.1. The number of carbonyl (C=O) groups is 3. The van der Waals surface area contributed by atoms with Crippen molar-refractivity contribution in [2.75, 3.05) is 0 Å². The standard InChI is InChI=1S/C9H14N2O3/c12-6-10-7-2-1-3-8(13)11-9(14)5-4-7/h6-7H,1-5H2,(H,10,12)(H,11,13,14)/t7-/m0/s1. The van der Waals surface area contributed by atoms with E-state index in [0.29, 0.717) is 25.7 Å². The maximum absolute atomic E-state index is 11.1. The molecule has 0 aromatic rings. The smallest absolute Gasteiger partial charge is 0.226 e. The summed E-state index contributed by atoms with van der Waals surface area (Å²) in [5.74, 6) is -0.476. The van der Waals surface area contributed by atoms with E-state index < -0.39 is 0 Å². The maximum atomic E-state index is 11.1. The van der Waals surface area contributed by atoms with Crippen molar-refractivity contribution in [2.24, 2.45) is 0 Å². The van der Waals surface area contributed by atoms with Crippen molar-refractivity contribution in [3.8, 4) is 0 Å². The number of rotatable bonds is 2. The first-order valence-corrected chi connectivity index (χ1v) is 4.74. The number of amides is 3. The largest absolute Gasteiger partial charge is 0.356 e. The molecule has 1 aliphatic rings. The van der Waals surface area contributed by atoms with Crippen LogP contribution < -0.4 is 10.6 Å². The quantitative estimate of drug-likeness (QED) is 0.473. The zero-order valence-corrected chi connectivity index (χ0v) is 7.91. The van der Waals surface area contributed by atoms with Crippen LogP contribution >= 0.6 is 0 Å². The summed E-state index contributed by atoms with van der Waals surface area (Å²) in [6.07, 6.45) is 3.32. The van der Waals surface area contributed by atoms with Gasteiger partial charge >= 0.3 is 0 Å². The van der Waals surface area contributed by atoms with E-state index in [-0.39, 0.29) is 24.3 Å².